The molecule has 2 atom stereocenters. The molecule has 0 saturated heterocycles. The average Bonchev–Trinajstić information content (AvgIpc) is 3.48. The highest BCUT2D eigenvalue weighted by Gasteiger charge is 2.40. The molecule has 0 spiro atoms. The molecule has 1 fully saturated rings. The van der Waals surface area contributed by atoms with Crippen molar-refractivity contribution in [2.45, 2.75) is 50.6 Å². The highest BCUT2D eigenvalue weighted by molar-refractivity contribution is 5.99. The number of alkyl halides is 2. The molecule has 0 N–H and O–H groups in total. The van der Waals surface area contributed by atoms with Gasteiger partial charge in [-0.3, -0.25) is 4.79 Å². The number of benzene rings is 1. The number of hydrogen-bond acceptors (Lipinski definition) is 6. The lowest BCUT2D eigenvalue weighted by Gasteiger charge is -2.36. The number of halogens is 2. The lowest BCUT2D eigenvalue weighted by atomic mass is 9.83. The van der Waals surface area contributed by atoms with Gasteiger partial charge in [0.05, 0.1) is 12.1 Å². The molecule has 0 radical (unpaired) electrons. The summed E-state index contributed by atoms with van der Waals surface area (Å²) in [5, 5.41) is 7.02. The maximum atomic E-state index is 13.2. The van der Waals surface area contributed by atoms with Gasteiger partial charge in [0.25, 0.3) is 11.8 Å². The van der Waals surface area contributed by atoms with Gasteiger partial charge in [-0.15, -0.1) is 10.2 Å². The van der Waals surface area contributed by atoms with Crippen LogP contribution in [0.4, 0.5) is 8.78 Å². The van der Waals surface area contributed by atoms with Gasteiger partial charge in [-0.25, -0.2) is 4.98 Å². The van der Waals surface area contributed by atoms with E-state index in [1.807, 2.05) is 11.0 Å². The highest BCUT2D eigenvalue weighted by Crippen LogP contribution is 2.39. The van der Waals surface area contributed by atoms with Crippen LogP contribution in [-0.2, 0) is 6.54 Å². The van der Waals surface area contributed by atoms with Crippen LogP contribution in [0.1, 0.15) is 65.7 Å². The molecule has 1 aliphatic carbocycles. The van der Waals surface area contributed by atoms with Crippen LogP contribution in [-0.4, -0.2) is 32.0 Å². The second-order valence-corrected chi connectivity index (χ2v) is 7.38. The van der Waals surface area contributed by atoms with Gasteiger partial charge in [0.15, 0.2) is 5.89 Å². The van der Waals surface area contributed by atoms with Gasteiger partial charge >= 0.3 is 6.43 Å². The van der Waals surface area contributed by atoms with E-state index in [2.05, 4.69) is 15.2 Å². The molecule has 5 rings (SSSR count). The molecule has 1 amide bonds. The fraction of sp³-hybridized carbons (Fsp3) is 0.400. The van der Waals surface area contributed by atoms with Gasteiger partial charge < -0.3 is 13.7 Å². The van der Waals surface area contributed by atoms with Gasteiger partial charge in [-0.05, 0) is 30.5 Å². The van der Waals surface area contributed by atoms with Crippen molar-refractivity contribution in [1.82, 2.24) is 20.1 Å². The van der Waals surface area contributed by atoms with Crippen molar-refractivity contribution in [1.29, 1.82) is 0 Å². The van der Waals surface area contributed by atoms with E-state index in [0.29, 0.717) is 23.6 Å². The number of carbonyl (C=O) groups is 1. The van der Waals surface area contributed by atoms with E-state index in [0.717, 1.165) is 31.2 Å². The molecule has 3 aromatic rings. The molecular formula is C20H18F2N4O3. The smallest absolute Gasteiger partial charge is 0.314 e. The Morgan fingerprint density at radius 3 is 2.79 bits per heavy atom. The number of oxazole rings is 1. The largest absolute Gasteiger partial charge is 0.449 e. The minimum absolute atomic E-state index is 0.0135. The molecule has 1 saturated carbocycles. The van der Waals surface area contributed by atoms with Crippen LogP contribution in [0.5, 0.6) is 0 Å². The van der Waals surface area contributed by atoms with Crippen LogP contribution in [0.3, 0.4) is 0 Å². The summed E-state index contributed by atoms with van der Waals surface area (Å²) in [6.45, 7) is 0.502. The second-order valence-electron chi connectivity index (χ2n) is 7.38. The van der Waals surface area contributed by atoms with E-state index in [4.69, 9.17) is 8.83 Å². The van der Waals surface area contributed by atoms with Crippen molar-refractivity contribution < 1.29 is 22.4 Å². The predicted octanol–water partition coefficient (Wildman–Crippen LogP) is 4.34. The zero-order valence-corrected chi connectivity index (χ0v) is 15.4. The Bertz CT molecular complexity index is 1030. The van der Waals surface area contributed by atoms with Crippen LogP contribution in [0.2, 0.25) is 0 Å². The normalized spacial score (nSPS) is 21.8. The zero-order valence-electron chi connectivity index (χ0n) is 15.4. The molecular weight excluding hydrogens is 382 g/mol. The van der Waals surface area contributed by atoms with Crippen LogP contribution in [0.15, 0.2) is 39.5 Å². The van der Waals surface area contributed by atoms with E-state index >= 15 is 0 Å². The maximum absolute atomic E-state index is 13.2. The van der Waals surface area contributed by atoms with Crippen LogP contribution >= 0.6 is 0 Å². The molecule has 29 heavy (non-hydrogen) atoms. The molecule has 0 bridgehead atoms. The van der Waals surface area contributed by atoms with Crippen molar-refractivity contribution in [2.75, 3.05) is 0 Å². The number of hydrogen-bond donors (Lipinski definition) is 0. The summed E-state index contributed by atoms with van der Waals surface area (Å²) in [6, 6.07) is 5.19. The average molecular weight is 400 g/mol. The summed E-state index contributed by atoms with van der Waals surface area (Å²) >= 11 is 0. The van der Waals surface area contributed by atoms with E-state index in [1.165, 1.54) is 0 Å². The summed E-state index contributed by atoms with van der Waals surface area (Å²) in [5.41, 5.74) is 1.88. The summed E-state index contributed by atoms with van der Waals surface area (Å²) in [5.74, 6) is -0.0985. The Kier molecular flexibility index (Phi) is 4.37. The van der Waals surface area contributed by atoms with Crippen molar-refractivity contribution in [3.05, 3.63) is 53.6 Å². The highest BCUT2D eigenvalue weighted by atomic mass is 19.3. The van der Waals surface area contributed by atoms with Gasteiger partial charge in [-0.2, -0.15) is 8.78 Å². The number of amides is 1. The molecule has 150 valence electrons. The minimum atomic E-state index is -2.83. The zero-order chi connectivity index (χ0) is 20.0. The molecule has 3 heterocycles. The third-order valence-electron chi connectivity index (χ3n) is 5.71. The molecule has 2 aromatic heterocycles. The van der Waals surface area contributed by atoms with Crippen molar-refractivity contribution >= 4 is 5.91 Å². The van der Waals surface area contributed by atoms with E-state index in [9.17, 15) is 13.6 Å². The molecule has 9 heteroatoms. The molecule has 7 nitrogen and oxygen atoms in total. The molecule has 1 aromatic carbocycles. The van der Waals surface area contributed by atoms with Crippen LogP contribution < -0.4 is 0 Å². The van der Waals surface area contributed by atoms with Crippen molar-refractivity contribution in [2.24, 2.45) is 0 Å². The Morgan fingerprint density at radius 2 is 2.03 bits per heavy atom. The van der Waals surface area contributed by atoms with E-state index in [1.54, 1.807) is 24.6 Å². The number of nitrogens with zero attached hydrogens (tertiary/aromatic N) is 4. The fourth-order valence-corrected chi connectivity index (χ4v) is 4.35. The number of rotatable bonds is 4. The SMILES string of the molecule is O=C1c2cc(-c3nnc(C(F)F)o3)ccc2CN1C1CCCCC1c1ncco1. The Balaban J connectivity index is 1.43. The first-order valence-corrected chi connectivity index (χ1v) is 9.57. The maximum Gasteiger partial charge on any atom is 0.314 e. The topological polar surface area (TPSA) is 85.3 Å². The summed E-state index contributed by atoms with van der Waals surface area (Å²) < 4.78 is 36.0. The fourth-order valence-electron chi connectivity index (χ4n) is 4.35. The monoisotopic (exact) mass is 400 g/mol. The standard InChI is InChI=1S/C20H18F2N4O3/c21-16(22)19-25-24-17(29-19)11-5-6-12-10-26(20(27)14(12)9-11)15-4-2-1-3-13(15)18-23-7-8-28-18/h5-9,13,15-16H,1-4,10H2. The van der Waals surface area contributed by atoms with Crippen LogP contribution in [0, 0.1) is 0 Å². The van der Waals surface area contributed by atoms with Crippen LogP contribution in [0.25, 0.3) is 11.5 Å². The number of fused-ring (bicyclic) bond motifs is 1. The van der Waals surface area contributed by atoms with Gasteiger partial charge in [0.1, 0.15) is 6.26 Å². The van der Waals surface area contributed by atoms with E-state index in [-0.39, 0.29) is 23.8 Å². The Hall–Kier alpha value is -3.10. The molecule has 2 aliphatic rings. The van der Waals surface area contributed by atoms with Gasteiger partial charge in [0, 0.05) is 23.7 Å². The van der Waals surface area contributed by atoms with Crippen molar-refractivity contribution in [3.8, 4) is 11.5 Å². The second kappa shape index (κ2) is 7.06. The molecule has 1 aliphatic heterocycles. The first-order valence-electron chi connectivity index (χ1n) is 9.57. The predicted molar refractivity (Wildman–Crippen MR) is 96.1 cm³/mol. The third-order valence-corrected chi connectivity index (χ3v) is 5.71. The minimum Gasteiger partial charge on any atom is -0.449 e. The Morgan fingerprint density at radius 1 is 1.17 bits per heavy atom. The summed E-state index contributed by atoms with van der Waals surface area (Å²) in [6.07, 6.45) is 4.30. The lowest BCUT2D eigenvalue weighted by molar-refractivity contribution is 0.0610. The van der Waals surface area contributed by atoms with E-state index < -0.39 is 12.3 Å². The first kappa shape index (κ1) is 18.0. The first-order chi connectivity index (χ1) is 14.1. The van der Waals surface area contributed by atoms with Crippen molar-refractivity contribution in [3.63, 3.8) is 0 Å². The quantitative estimate of drug-likeness (QED) is 0.647. The number of aromatic nitrogens is 3. The Labute approximate surface area is 164 Å². The van der Waals surface area contributed by atoms with Gasteiger partial charge in [-0.1, -0.05) is 18.9 Å². The third kappa shape index (κ3) is 3.10. The molecule has 2 unspecified atom stereocenters. The number of carbonyl (C=O) groups excluding carboxylic acids is 1. The lowest BCUT2D eigenvalue weighted by Crippen LogP contribution is -2.41. The van der Waals surface area contributed by atoms with Gasteiger partial charge in [0.2, 0.25) is 5.89 Å². The summed E-state index contributed by atoms with van der Waals surface area (Å²) in [4.78, 5) is 19.4. The summed E-state index contributed by atoms with van der Waals surface area (Å²) in [7, 11) is 0.